The molecule has 36 heavy (non-hydrogen) atoms. The van der Waals surface area contributed by atoms with E-state index in [0.29, 0.717) is 36.9 Å². The Labute approximate surface area is 213 Å². The number of ether oxygens (including phenoxy) is 1. The van der Waals surface area contributed by atoms with Crippen LogP contribution >= 0.6 is 0 Å². The summed E-state index contributed by atoms with van der Waals surface area (Å²) in [4.78, 5) is 29.9. The van der Waals surface area contributed by atoms with Gasteiger partial charge in [-0.1, -0.05) is 43.3 Å². The minimum Gasteiger partial charge on any atom is -0.489 e. The van der Waals surface area contributed by atoms with Crippen molar-refractivity contribution < 1.29 is 14.3 Å². The molecule has 4 atom stereocenters. The van der Waals surface area contributed by atoms with Gasteiger partial charge in [-0.2, -0.15) is 0 Å². The second-order valence-corrected chi connectivity index (χ2v) is 10.8. The zero-order valence-electron chi connectivity index (χ0n) is 20.8. The highest BCUT2D eigenvalue weighted by Gasteiger charge is 2.39. The molecule has 1 saturated carbocycles. The number of nitrogens with zero attached hydrogens (tertiary/aromatic N) is 2. The molecular formula is C30H35N3O3. The quantitative estimate of drug-likeness (QED) is 0.672. The summed E-state index contributed by atoms with van der Waals surface area (Å²) >= 11 is 0. The number of piperidine rings is 1. The summed E-state index contributed by atoms with van der Waals surface area (Å²) in [6.45, 7) is 6.52. The number of carbonyl (C=O) groups is 2. The van der Waals surface area contributed by atoms with Gasteiger partial charge in [-0.05, 0) is 80.3 Å². The van der Waals surface area contributed by atoms with Crippen LogP contribution in [0.3, 0.4) is 0 Å². The molecule has 6 heteroatoms. The lowest BCUT2D eigenvalue weighted by atomic mass is 9.91. The van der Waals surface area contributed by atoms with Crippen molar-refractivity contribution in [1.82, 2.24) is 15.1 Å². The minimum absolute atomic E-state index is 0.0659. The Hall–Kier alpha value is -3.12. The number of hydrogen-bond donors (Lipinski definition) is 1. The number of nitrogens with one attached hydrogen (secondary N) is 1. The molecule has 3 fully saturated rings. The molecule has 6 rings (SSSR count). The fraction of sp³-hybridized carbons (Fsp3) is 0.467. The van der Waals surface area contributed by atoms with Crippen molar-refractivity contribution in [2.24, 2.45) is 0 Å². The summed E-state index contributed by atoms with van der Waals surface area (Å²) in [5, 5.41) is 2.81. The molecule has 2 unspecified atom stereocenters. The maximum Gasteiger partial charge on any atom is 0.255 e. The largest absolute Gasteiger partial charge is 0.489 e. The molecule has 2 saturated heterocycles. The Morgan fingerprint density at radius 3 is 2.64 bits per heavy atom. The highest BCUT2D eigenvalue weighted by molar-refractivity contribution is 6.01. The second-order valence-electron chi connectivity index (χ2n) is 10.8. The van der Waals surface area contributed by atoms with Gasteiger partial charge in [0.15, 0.2) is 0 Å². The zero-order valence-corrected chi connectivity index (χ0v) is 20.8. The molecule has 3 heterocycles. The Balaban J connectivity index is 1.14. The number of fused-ring (bicyclic) bond motifs is 1. The molecule has 2 aromatic carbocycles. The molecule has 0 aromatic heterocycles. The molecule has 2 amide bonds. The SMILES string of the molecule is C=C1CCC(N2Cc3cc(O[C@H]4CCCC[C@@H]4N4CCC(c5ccccc5)C4)ccc3C2=O)C(=O)N1. The smallest absolute Gasteiger partial charge is 0.255 e. The lowest BCUT2D eigenvalue weighted by Gasteiger charge is -2.38. The fourth-order valence-electron chi connectivity index (χ4n) is 6.60. The van der Waals surface area contributed by atoms with Crippen LogP contribution in [0.1, 0.15) is 72.3 Å². The molecule has 3 aliphatic heterocycles. The summed E-state index contributed by atoms with van der Waals surface area (Å²) in [5.74, 6) is 1.23. The first kappa shape index (κ1) is 23.3. The third-order valence-electron chi connectivity index (χ3n) is 8.52. The third-order valence-corrected chi connectivity index (χ3v) is 8.52. The van der Waals surface area contributed by atoms with E-state index in [-0.39, 0.29) is 17.9 Å². The number of amides is 2. The molecule has 2 aromatic rings. The van der Waals surface area contributed by atoms with Gasteiger partial charge in [-0.3, -0.25) is 14.5 Å². The monoisotopic (exact) mass is 485 g/mol. The summed E-state index contributed by atoms with van der Waals surface area (Å²) in [7, 11) is 0. The van der Waals surface area contributed by atoms with E-state index in [4.69, 9.17) is 4.74 Å². The molecule has 0 spiro atoms. The number of likely N-dealkylation sites (tertiary alicyclic amines) is 1. The van der Waals surface area contributed by atoms with Gasteiger partial charge in [0.2, 0.25) is 5.91 Å². The van der Waals surface area contributed by atoms with Gasteiger partial charge in [-0.25, -0.2) is 0 Å². The summed E-state index contributed by atoms with van der Waals surface area (Å²) < 4.78 is 6.64. The van der Waals surface area contributed by atoms with Crippen LogP contribution in [0.2, 0.25) is 0 Å². The van der Waals surface area contributed by atoms with Crippen LogP contribution in [0.4, 0.5) is 0 Å². The summed E-state index contributed by atoms with van der Waals surface area (Å²) in [6.07, 6.45) is 7.36. The van der Waals surface area contributed by atoms with Gasteiger partial charge in [0.1, 0.15) is 17.9 Å². The summed E-state index contributed by atoms with van der Waals surface area (Å²) in [5.41, 5.74) is 3.81. The first-order valence-corrected chi connectivity index (χ1v) is 13.4. The molecule has 188 valence electrons. The predicted molar refractivity (Wildman–Crippen MR) is 139 cm³/mol. The Kier molecular flexibility index (Phi) is 6.30. The van der Waals surface area contributed by atoms with E-state index in [1.165, 1.54) is 31.2 Å². The van der Waals surface area contributed by atoms with Gasteiger partial charge >= 0.3 is 0 Å². The molecule has 1 N–H and O–H groups in total. The maximum atomic E-state index is 13.1. The van der Waals surface area contributed by atoms with E-state index >= 15 is 0 Å². The van der Waals surface area contributed by atoms with Crippen molar-refractivity contribution >= 4 is 11.8 Å². The number of benzene rings is 2. The lowest BCUT2D eigenvalue weighted by Crippen LogP contribution is -2.49. The fourth-order valence-corrected chi connectivity index (χ4v) is 6.60. The topological polar surface area (TPSA) is 61.9 Å². The highest BCUT2D eigenvalue weighted by Crippen LogP contribution is 2.36. The van der Waals surface area contributed by atoms with E-state index in [2.05, 4.69) is 47.1 Å². The molecular weight excluding hydrogens is 450 g/mol. The predicted octanol–water partition coefficient (Wildman–Crippen LogP) is 4.61. The van der Waals surface area contributed by atoms with Crippen molar-refractivity contribution in [1.29, 1.82) is 0 Å². The number of rotatable bonds is 5. The van der Waals surface area contributed by atoms with Crippen molar-refractivity contribution in [3.05, 3.63) is 77.5 Å². The first-order chi connectivity index (χ1) is 17.6. The second kappa shape index (κ2) is 9.74. The first-order valence-electron chi connectivity index (χ1n) is 13.4. The van der Waals surface area contributed by atoms with Crippen LogP contribution in [0, 0.1) is 0 Å². The Bertz CT molecular complexity index is 1160. The van der Waals surface area contributed by atoms with Crippen molar-refractivity contribution in [3.63, 3.8) is 0 Å². The standard InChI is InChI=1S/C30H35N3O3/c1-20-11-14-27(29(34)31-20)33-19-23-17-24(12-13-25(23)30(33)35)36-28-10-6-5-9-26(28)32-16-15-22(18-32)21-7-3-2-4-8-21/h2-4,7-8,12-13,17,22,26-28H,1,5-6,9-11,14-16,18-19H2,(H,31,34)/t22?,26-,27?,28-/m0/s1. The van der Waals surface area contributed by atoms with Crippen LogP contribution in [-0.4, -0.2) is 52.9 Å². The third kappa shape index (κ3) is 4.43. The van der Waals surface area contributed by atoms with E-state index in [1.54, 1.807) is 4.90 Å². The molecule has 6 nitrogen and oxygen atoms in total. The Morgan fingerprint density at radius 1 is 0.972 bits per heavy atom. The van der Waals surface area contributed by atoms with Crippen molar-refractivity contribution in [2.45, 2.75) is 75.6 Å². The van der Waals surface area contributed by atoms with E-state index < -0.39 is 6.04 Å². The van der Waals surface area contributed by atoms with E-state index in [9.17, 15) is 9.59 Å². The Morgan fingerprint density at radius 2 is 1.81 bits per heavy atom. The maximum absolute atomic E-state index is 13.1. The molecule has 0 radical (unpaired) electrons. The van der Waals surface area contributed by atoms with Crippen LogP contribution in [0.15, 0.2) is 60.8 Å². The van der Waals surface area contributed by atoms with E-state index in [1.807, 2.05) is 18.2 Å². The van der Waals surface area contributed by atoms with E-state index in [0.717, 1.165) is 36.5 Å². The highest BCUT2D eigenvalue weighted by atomic mass is 16.5. The molecule has 4 aliphatic rings. The molecule has 1 aliphatic carbocycles. The minimum atomic E-state index is -0.435. The van der Waals surface area contributed by atoms with Gasteiger partial charge in [0, 0.05) is 30.4 Å². The van der Waals surface area contributed by atoms with Crippen LogP contribution in [0.5, 0.6) is 5.75 Å². The number of allylic oxidation sites excluding steroid dienone is 1. The number of carbonyl (C=O) groups excluding carboxylic acids is 2. The average molecular weight is 486 g/mol. The van der Waals surface area contributed by atoms with Gasteiger partial charge in [0.05, 0.1) is 0 Å². The zero-order chi connectivity index (χ0) is 24.6. The van der Waals surface area contributed by atoms with Crippen LogP contribution < -0.4 is 10.1 Å². The molecule has 0 bridgehead atoms. The lowest BCUT2D eigenvalue weighted by molar-refractivity contribution is -0.126. The van der Waals surface area contributed by atoms with Crippen LogP contribution in [0.25, 0.3) is 0 Å². The van der Waals surface area contributed by atoms with Crippen LogP contribution in [-0.2, 0) is 11.3 Å². The number of hydrogen-bond acceptors (Lipinski definition) is 4. The van der Waals surface area contributed by atoms with Gasteiger partial charge < -0.3 is 15.0 Å². The normalized spacial score (nSPS) is 28.8. The van der Waals surface area contributed by atoms with Crippen molar-refractivity contribution in [2.75, 3.05) is 13.1 Å². The average Bonchev–Trinajstić information content (AvgIpc) is 3.50. The van der Waals surface area contributed by atoms with Gasteiger partial charge in [0.25, 0.3) is 5.91 Å². The summed E-state index contributed by atoms with van der Waals surface area (Å²) in [6, 6.07) is 16.7. The van der Waals surface area contributed by atoms with Crippen molar-refractivity contribution in [3.8, 4) is 5.75 Å². The van der Waals surface area contributed by atoms with Gasteiger partial charge in [-0.15, -0.1) is 0 Å².